The zero-order valence-corrected chi connectivity index (χ0v) is 13.1. The highest BCUT2D eigenvalue weighted by atomic mass is 16.1. The second kappa shape index (κ2) is 7.24. The van der Waals surface area contributed by atoms with Crippen LogP contribution in [0.25, 0.3) is 0 Å². The predicted molar refractivity (Wildman–Crippen MR) is 84.7 cm³/mol. The van der Waals surface area contributed by atoms with Gasteiger partial charge in [-0.15, -0.1) is 0 Å². The molecular weight excluding hydrogens is 266 g/mol. The van der Waals surface area contributed by atoms with Gasteiger partial charge in [-0.3, -0.25) is 4.79 Å². The predicted octanol–water partition coefficient (Wildman–Crippen LogP) is 2.03. The number of nitrogens with one attached hydrogen (secondary N) is 3. The highest BCUT2D eigenvalue weighted by Gasteiger charge is 2.28. The minimum absolute atomic E-state index is 0.0137. The smallest absolute Gasteiger partial charge is 0.216 e. The van der Waals surface area contributed by atoms with Gasteiger partial charge in [0.05, 0.1) is 0 Å². The van der Waals surface area contributed by atoms with Crippen molar-refractivity contribution >= 4 is 17.5 Å². The van der Waals surface area contributed by atoms with Crippen LogP contribution >= 0.6 is 0 Å². The van der Waals surface area contributed by atoms with Crippen LogP contribution in [-0.2, 0) is 4.79 Å². The summed E-state index contributed by atoms with van der Waals surface area (Å²) in [5.74, 6) is 3.23. The summed E-state index contributed by atoms with van der Waals surface area (Å²) in [6.07, 6.45) is 3.43. The van der Waals surface area contributed by atoms with Gasteiger partial charge in [0.2, 0.25) is 5.91 Å². The molecule has 116 valence electrons. The Labute approximate surface area is 126 Å². The van der Waals surface area contributed by atoms with Crippen molar-refractivity contribution in [3.05, 3.63) is 11.4 Å². The van der Waals surface area contributed by atoms with Gasteiger partial charge in [-0.25, -0.2) is 9.97 Å². The van der Waals surface area contributed by atoms with E-state index in [1.165, 1.54) is 19.8 Å². The number of carbonyl (C=O) groups excluding carboxylic acids is 1. The molecular formula is C15H25N5O. The molecule has 1 aliphatic rings. The summed E-state index contributed by atoms with van der Waals surface area (Å²) >= 11 is 0. The molecule has 3 N–H and O–H groups in total. The van der Waals surface area contributed by atoms with Gasteiger partial charge >= 0.3 is 0 Å². The maximum atomic E-state index is 10.9. The van der Waals surface area contributed by atoms with Crippen molar-refractivity contribution < 1.29 is 4.79 Å². The third-order valence-electron chi connectivity index (χ3n) is 3.44. The van der Waals surface area contributed by atoms with E-state index in [2.05, 4.69) is 32.8 Å². The average Bonchev–Trinajstić information content (AvgIpc) is 3.28. The van der Waals surface area contributed by atoms with Crippen LogP contribution in [0.5, 0.6) is 0 Å². The Balaban J connectivity index is 2.06. The quantitative estimate of drug-likeness (QED) is 0.639. The molecule has 0 radical (unpaired) electrons. The van der Waals surface area contributed by atoms with Gasteiger partial charge in [-0.1, -0.05) is 6.92 Å². The standard InChI is InChI=1S/C15H25N5O/c1-4-7-17-13-10(2)14(18-9-8-16-11(3)21)20-15(19-13)12-5-6-12/h12H,4-9H2,1-3H3,(H,16,21)(H2,17,18,19,20). The van der Waals surface area contributed by atoms with E-state index in [1.807, 2.05) is 6.92 Å². The van der Waals surface area contributed by atoms with Crippen molar-refractivity contribution in [3.8, 4) is 0 Å². The first kappa shape index (κ1) is 15.5. The second-order valence-electron chi connectivity index (χ2n) is 5.51. The molecule has 1 aliphatic carbocycles. The van der Waals surface area contributed by atoms with Gasteiger partial charge in [-0.2, -0.15) is 0 Å². The maximum Gasteiger partial charge on any atom is 0.216 e. The number of hydrogen-bond acceptors (Lipinski definition) is 5. The molecule has 1 amide bonds. The second-order valence-corrected chi connectivity index (χ2v) is 5.51. The van der Waals surface area contributed by atoms with Crippen molar-refractivity contribution in [3.63, 3.8) is 0 Å². The van der Waals surface area contributed by atoms with Crippen LogP contribution in [0.2, 0.25) is 0 Å². The van der Waals surface area contributed by atoms with Crippen molar-refractivity contribution in [2.45, 2.75) is 46.0 Å². The van der Waals surface area contributed by atoms with E-state index < -0.39 is 0 Å². The van der Waals surface area contributed by atoms with E-state index in [4.69, 9.17) is 0 Å². The molecule has 6 heteroatoms. The van der Waals surface area contributed by atoms with Gasteiger partial charge in [0, 0.05) is 38.0 Å². The third kappa shape index (κ3) is 4.58. The summed E-state index contributed by atoms with van der Waals surface area (Å²) in [4.78, 5) is 20.2. The zero-order chi connectivity index (χ0) is 15.2. The molecule has 1 aromatic heterocycles. The summed E-state index contributed by atoms with van der Waals surface area (Å²) in [5, 5.41) is 9.45. The Morgan fingerprint density at radius 1 is 1.14 bits per heavy atom. The van der Waals surface area contributed by atoms with Gasteiger partial charge in [-0.05, 0) is 26.2 Å². The van der Waals surface area contributed by atoms with Crippen LogP contribution in [0, 0.1) is 6.92 Å². The fourth-order valence-electron chi connectivity index (χ4n) is 2.07. The van der Waals surface area contributed by atoms with Crippen LogP contribution in [0.15, 0.2) is 0 Å². The minimum atomic E-state index is -0.0137. The first-order valence-electron chi connectivity index (χ1n) is 7.72. The van der Waals surface area contributed by atoms with E-state index in [9.17, 15) is 4.79 Å². The maximum absolute atomic E-state index is 10.9. The molecule has 1 heterocycles. The number of nitrogens with zero attached hydrogens (tertiary/aromatic N) is 2. The Hall–Kier alpha value is -1.85. The van der Waals surface area contributed by atoms with Crippen molar-refractivity contribution in [2.75, 3.05) is 30.3 Å². The highest BCUT2D eigenvalue weighted by molar-refractivity contribution is 5.72. The molecule has 6 nitrogen and oxygen atoms in total. The topological polar surface area (TPSA) is 78.9 Å². The Morgan fingerprint density at radius 3 is 2.29 bits per heavy atom. The lowest BCUT2D eigenvalue weighted by molar-refractivity contribution is -0.118. The van der Waals surface area contributed by atoms with Gasteiger partial charge in [0.15, 0.2) is 0 Å². The van der Waals surface area contributed by atoms with Crippen LogP contribution in [-0.4, -0.2) is 35.5 Å². The normalized spacial score (nSPS) is 13.9. The molecule has 0 spiro atoms. The molecule has 0 bridgehead atoms. The number of aromatic nitrogens is 2. The van der Waals surface area contributed by atoms with E-state index in [-0.39, 0.29) is 5.91 Å². The SMILES string of the molecule is CCCNc1nc(C2CC2)nc(NCCNC(C)=O)c1C. The van der Waals surface area contributed by atoms with Crippen LogP contribution in [0.1, 0.15) is 50.4 Å². The molecule has 0 saturated heterocycles. The van der Waals surface area contributed by atoms with Crippen molar-refractivity contribution in [1.82, 2.24) is 15.3 Å². The number of amides is 1. The molecule has 1 aromatic rings. The first-order chi connectivity index (χ1) is 10.1. The Kier molecular flexibility index (Phi) is 5.36. The van der Waals surface area contributed by atoms with Crippen LogP contribution in [0.3, 0.4) is 0 Å². The number of anilines is 2. The van der Waals surface area contributed by atoms with Gasteiger partial charge in [0.25, 0.3) is 0 Å². The van der Waals surface area contributed by atoms with E-state index in [0.29, 0.717) is 19.0 Å². The summed E-state index contributed by atoms with van der Waals surface area (Å²) in [5.41, 5.74) is 1.04. The average molecular weight is 291 g/mol. The number of rotatable bonds is 8. The van der Waals surface area contributed by atoms with E-state index in [1.54, 1.807) is 0 Å². The Bertz CT molecular complexity index is 499. The molecule has 1 saturated carbocycles. The highest BCUT2D eigenvalue weighted by Crippen LogP contribution is 2.39. The largest absolute Gasteiger partial charge is 0.370 e. The third-order valence-corrected chi connectivity index (χ3v) is 3.44. The summed E-state index contributed by atoms with van der Waals surface area (Å²) in [6.45, 7) is 7.85. The minimum Gasteiger partial charge on any atom is -0.370 e. The van der Waals surface area contributed by atoms with Gasteiger partial charge < -0.3 is 16.0 Å². The first-order valence-corrected chi connectivity index (χ1v) is 7.72. The molecule has 0 aliphatic heterocycles. The lowest BCUT2D eigenvalue weighted by atomic mass is 10.2. The van der Waals surface area contributed by atoms with E-state index >= 15 is 0 Å². The fourth-order valence-corrected chi connectivity index (χ4v) is 2.07. The zero-order valence-electron chi connectivity index (χ0n) is 13.1. The fraction of sp³-hybridized carbons (Fsp3) is 0.667. The lowest BCUT2D eigenvalue weighted by Crippen LogP contribution is -2.26. The van der Waals surface area contributed by atoms with Crippen LogP contribution < -0.4 is 16.0 Å². The molecule has 21 heavy (non-hydrogen) atoms. The molecule has 1 fully saturated rings. The molecule has 0 aromatic carbocycles. The van der Waals surface area contributed by atoms with Crippen LogP contribution in [0.4, 0.5) is 11.6 Å². The van der Waals surface area contributed by atoms with E-state index in [0.717, 1.165) is 36.0 Å². The number of hydrogen-bond donors (Lipinski definition) is 3. The lowest BCUT2D eigenvalue weighted by Gasteiger charge is -2.15. The summed E-state index contributed by atoms with van der Waals surface area (Å²) in [6, 6.07) is 0. The van der Waals surface area contributed by atoms with Crippen molar-refractivity contribution in [1.29, 1.82) is 0 Å². The monoisotopic (exact) mass is 291 g/mol. The Morgan fingerprint density at radius 2 is 1.76 bits per heavy atom. The van der Waals surface area contributed by atoms with Crippen molar-refractivity contribution in [2.24, 2.45) is 0 Å². The van der Waals surface area contributed by atoms with Gasteiger partial charge in [0.1, 0.15) is 17.5 Å². The molecule has 0 atom stereocenters. The molecule has 0 unspecified atom stereocenters. The number of carbonyl (C=O) groups is 1. The molecule has 2 rings (SSSR count). The summed E-state index contributed by atoms with van der Waals surface area (Å²) < 4.78 is 0. The summed E-state index contributed by atoms with van der Waals surface area (Å²) in [7, 11) is 0.